The first-order chi connectivity index (χ1) is 9.36. The molecule has 1 aliphatic rings. The van der Waals surface area contributed by atoms with E-state index >= 15 is 0 Å². The molecule has 3 nitrogen and oxygen atoms in total. The SMILES string of the molecule is N#Cc1cccc2[nH]c(CCC3CCCCC3)nc12. The quantitative estimate of drug-likeness (QED) is 0.900. The van der Waals surface area contributed by atoms with Crippen molar-refractivity contribution in [3.63, 3.8) is 0 Å². The van der Waals surface area contributed by atoms with Crippen LogP contribution in [-0.4, -0.2) is 9.97 Å². The maximum atomic E-state index is 9.07. The molecule has 2 aromatic rings. The second kappa shape index (κ2) is 5.44. The molecule has 0 bridgehead atoms. The van der Waals surface area contributed by atoms with Crippen LogP contribution < -0.4 is 0 Å². The van der Waals surface area contributed by atoms with Gasteiger partial charge >= 0.3 is 0 Å². The van der Waals surface area contributed by atoms with E-state index in [1.165, 1.54) is 38.5 Å². The van der Waals surface area contributed by atoms with Crippen LogP contribution >= 0.6 is 0 Å². The largest absolute Gasteiger partial charge is 0.342 e. The summed E-state index contributed by atoms with van der Waals surface area (Å²) >= 11 is 0. The number of hydrogen-bond acceptors (Lipinski definition) is 2. The lowest BCUT2D eigenvalue weighted by Gasteiger charge is -2.20. The molecule has 19 heavy (non-hydrogen) atoms. The minimum Gasteiger partial charge on any atom is -0.342 e. The number of aromatic nitrogens is 2. The zero-order valence-corrected chi connectivity index (χ0v) is 11.2. The van der Waals surface area contributed by atoms with E-state index in [0.29, 0.717) is 5.56 Å². The average Bonchev–Trinajstić information content (AvgIpc) is 2.89. The van der Waals surface area contributed by atoms with Crippen LogP contribution in [0.15, 0.2) is 18.2 Å². The van der Waals surface area contributed by atoms with E-state index in [9.17, 15) is 0 Å². The van der Waals surface area contributed by atoms with Gasteiger partial charge in [0.2, 0.25) is 0 Å². The summed E-state index contributed by atoms with van der Waals surface area (Å²) in [5.41, 5.74) is 2.47. The fourth-order valence-electron chi connectivity index (χ4n) is 3.11. The van der Waals surface area contributed by atoms with Crippen molar-refractivity contribution in [2.45, 2.75) is 44.9 Å². The molecule has 0 spiro atoms. The molecule has 1 saturated carbocycles. The van der Waals surface area contributed by atoms with Gasteiger partial charge in [-0.15, -0.1) is 0 Å². The Hall–Kier alpha value is -1.82. The maximum Gasteiger partial charge on any atom is 0.107 e. The molecule has 1 heterocycles. The third-order valence-electron chi connectivity index (χ3n) is 4.20. The Morgan fingerprint density at radius 3 is 2.89 bits per heavy atom. The van der Waals surface area contributed by atoms with Gasteiger partial charge in [0.05, 0.1) is 11.1 Å². The van der Waals surface area contributed by atoms with E-state index in [-0.39, 0.29) is 0 Å². The minimum absolute atomic E-state index is 0.665. The number of nitriles is 1. The Kier molecular flexibility index (Phi) is 3.50. The molecular formula is C16H19N3. The van der Waals surface area contributed by atoms with Gasteiger partial charge in [-0.2, -0.15) is 5.26 Å². The highest BCUT2D eigenvalue weighted by Gasteiger charge is 2.14. The summed E-state index contributed by atoms with van der Waals surface area (Å²) in [4.78, 5) is 7.94. The van der Waals surface area contributed by atoms with E-state index < -0.39 is 0 Å². The minimum atomic E-state index is 0.665. The summed E-state index contributed by atoms with van der Waals surface area (Å²) in [6.07, 6.45) is 9.18. The monoisotopic (exact) mass is 253 g/mol. The smallest absolute Gasteiger partial charge is 0.107 e. The Balaban J connectivity index is 1.73. The molecule has 1 fully saturated rings. The Morgan fingerprint density at radius 1 is 1.26 bits per heavy atom. The summed E-state index contributed by atoms with van der Waals surface area (Å²) in [7, 11) is 0. The predicted octanol–water partition coefficient (Wildman–Crippen LogP) is 3.95. The van der Waals surface area contributed by atoms with Gasteiger partial charge in [-0.25, -0.2) is 4.98 Å². The van der Waals surface area contributed by atoms with Crippen LogP contribution in [0.1, 0.15) is 49.9 Å². The zero-order chi connectivity index (χ0) is 13.1. The molecule has 3 heteroatoms. The van der Waals surface area contributed by atoms with E-state index in [4.69, 9.17) is 5.26 Å². The van der Waals surface area contributed by atoms with E-state index in [1.54, 1.807) is 0 Å². The van der Waals surface area contributed by atoms with Gasteiger partial charge < -0.3 is 4.98 Å². The number of para-hydroxylation sites is 1. The summed E-state index contributed by atoms with van der Waals surface area (Å²) in [6.45, 7) is 0. The van der Waals surface area contributed by atoms with E-state index in [1.807, 2.05) is 18.2 Å². The van der Waals surface area contributed by atoms with Crippen molar-refractivity contribution in [1.82, 2.24) is 9.97 Å². The van der Waals surface area contributed by atoms with Crippen molar-refractivity contribution in [3.8, 4) is 6.07 Å². The molecule has 0 atom stereocenters. The lowest BCUT2D eigenvalue weighted by atomic mass is 9.86. The van der Waals surface area contributed by atoms with Crippen molar-refractivity contribution >= 4 is 11.0 Å². The van der Waals surface area contributed by atoms with Gasteiger partial charge in [-0.1, -0.05) is 38.2 Å². The lowest BCUT2D eigenvalue weighted by molar-refractivity contribution is 0.337. The number of nitrogens with one attached hydrogen (secondary N) is 1. The normalized spacial score (nSPS) is 16.6. The van der Waals surface area contributed by atoms with Crippen LogP contribution in [0.25, 0.3) is 11.0 Å². The molecule has 1 aromatic heterocycles. The Morgan fingerprint density at radius 2 is 2.11 bits per heavy atom. The van der Waals surface area contributed by atoms with Crippen LogP contribution in [0.4, 0.5) is 0 Å². The highest BCUT2D eigenvalue weighted by molar-refractivity contribution is 5.81. The first-order valence-electron chi connectivity index (χ1n) is 7.24. The maximum absolute atomic E-state index is 9.07. The molecule has 0 amide bonds. The van der Waals surface area contributed by atoms with E-state index in [2.05, 4.69) is 16.0 Å². The fourth-order valence-corrected chi connectivity index (χ4v) is 3.11. The summed E-state index contributed by atoms with van der Waals surface area (Å²) < 4.78 is 0. The predicted molar refractivity (Wildman–Crippen MR) is 75.7 cm³/mol. The number of aryl methyl sites for hydroxylation is 1. The highest BCUT2D eigenvalue weighted by atomic mass is 14.9. The molecule has 0 saturated heterocycles. The Labute approximate surface area is 113 Å². The van der Waals surface area contributed by atoms with Crippen LogP contribution in [0.2, 0.25) is 0 Å². The van der Waals surface area contributed by atoms with Crippen molar-refractivity contribution < 1.29 is 0 Å². The topological polar surface area (TPSA) is 52.5 Å². The van der Waals surface area contributed by atoms with Crippen molar-refractivity contribution in [1.29, 1.82) is 5.26 Å². The summed E-state index contributed by atoms with van der Waals surface area (Å²) in [5, 5.41) is 9.07. The number of fused-ring (bicyclic) bond motifs is 1. The summed E-state index contributed by atoms with van der Waals surface area (Å²) in [6, 6.07) is 7.93. The molecule has 0 radical (unpaired) electrons. The molecule has 0 aliphatic heterocycles. The second-order valence-corrected chi connectivity index (χ2v) is 5.54. The Bertz CT molecular complexity index is 600. The number of H-pyrrole nitrogens is 1. The van der Waals surface area contributed by atoms with Crippen LogP contribution in [-0.2, 0) is 6.42 Å². The molecular weight excluding hydrogens is 234 g/mol. The van der Waals surface area contributed by atoms with Crippen LogP contribution in [0, 0.1) is 17.2 Å². The number of nitrogens with zero attached hydrogens (tertiary/aromatic N) is 2. The zero-order valence-electron chi connectivity index (χ0n) is 11.2. The number of imidazole rings is 1. The number of aromatic amines is 1. The number of benzene rings is 1. The number of rotatable bonds is 3. The summed E-state index contributed by atoms with van der Waals surface area (Å²) in [5.74, 6) is 1.90. The molecule has 3 rings (SSSR count). The van der Waals surface area contributed by atoms with Gasteiger partial charge in [-0.3, -0.25) is 0 Å². The van der Waals surface area contributed by atoms with Gasteiger partial charge in [0, 0.05) is 6.42 Å². The standard InChI is InChI=1S/C16H19N3/c17-11-13-7-4-8-14-16(13)19-15(18-14)10-9-12-5-2-1-3-6-12/h4,7-8,12H,1-3,5-6,9-10H2,(H,18,19). The molecule has 98 valence electrons. The molecule has 1 aromatic carbocycles. The molecule has 1 aliphatic carbocycles. The van der Waals surface area contributed by atoms with Crippen LogP contribution in [0.3, 0.4) is 0 Å². The van der Waals surface area contributed by atoms with Crippen LogP contribution in [0.5, 0.6) is 0 Å². The third-order valence-corrected chi connectivity index (χ3v) is 4.20. The van der Waals surface area contributed by atoms with Crippen molar-refractivity contribution in [3.05, 3.63) is 29.6 Å². The van der Waals surface area contributed by atoms with Gasteiger partial charge in [0.25, 0.3) is 0 Å². The molecule has 0 unspecified atom stereocenters. The fraction of sp³-hybridized carbons (Fsp3) is 0.500. The first-order valence-corrected chi connectivity index (χ1v) is 7.24. The van der Waals surface area contributed by atoms with Gasteiger partial charge in [0.15, 0.2) is 0 Å². The second-order valence-electron chi connectivity index (χ2n) is 5.54. The van der Waals surface area contributed by atoms with Crippen molar-refractivity contribution in [2.24, 2.45) is 5.92 Å². The van der Waals surface area contributed by atoms with Gasteiger partial charge in [0.1, 0.15) is 17.4 Å². The van der Waals surface area contributed by atoms with Crippen molar-refractivity contribution in [2.75, 3.05) is 0 Å². The highest BCUT2D eigenvalue weighted by Crippen LogP contribution is 2.27. The average molecular weight is 253 g/mol. The first kappa shape index (κ1) is 12.2. The molecule has 1 N–H and O–H groups in total. The van der Waals surface area contributed by atoms with Gasteiger partial charge in [-0.05, 0) is 24.5 Å². The number of hydrogen-bond donors (Lipinski definition) is 1. The van der Waals surface area contributed by atoms with E-state index in [0.717, 1.165) is 29.2 Å². The lowest BCUT2D eigenvalue weighted by Crippen LogP contribution is -2.07. The third kappa shape index (κ3) is 2.63.